The van der Waals surface area contributed by atoms with Crippen LogP contribution in [0.5, 0.6) is 0 Å². The number of rotatable bonds is 6. The lowest BCUT2D eigenvalue weighted by Gasteiger charge is -2.00. The van der Waals surface area contributed by atoms with E-state index in [4.69, 9.17) is 20.4 Å². The van der Waals surface area contributed by atoms with Crippen molar-refractivity contribution in [2.24, 2.45) is 0 Å². The second-order valence-corrected chi connectivity index (χ2v) is 6.80. The molecule has 7 nitrogen and oxygen atoms in total. The summed E-state index contributed by atoms with van der Waals surface area (Å²) in [4.78, 5) is 25.6. The summed E-state index contributed by atoms with van der Waals surface area (Å²) in [5.41, 5.74) is 8.42. The lowest BCUT2D eigenvalue weighted by atomic mass is 10.1. The van der Waals surface area contributed by atoms with Gasteiger partial charge in [0.25, 0.3) is 0 Å². The third-order valence-corrected chi connectivity index (χ3v) is 4.50. The molecule has 32 heavy (non-hydrogen) atoms. The highest BCUT2D eigenvalue weighted by Gasteiger charge is 2.17. The van der Waals surface area contributed by atoms with Crippen molar-refractivity contribution in [1.29, 1.82) is 0 Å². The van der Waals surface area contributed by atoms with Gasteiger partial charge in [0.2, 0.25) is 0 Å². The van der Waals surface area contributed by atoms with Crippen LogP contribution in [0.2, 0.25) is 0 Å². The first-order chi connectivity index (χ1) is 15.5. The molecule has 0 saturated heterocycles. The molecule has 7 heteroatoms. The average Bonchev–Trinajstić information content (AvgIpc) is 3.24. The predicted molar refractivity (Wildman–Crippen MR) is 121 cm³/mol. The van der Waals surface area contributed by atoms with Crippen molar-refractivity contribution in [3.63, 3.8) is 0 Å². The average molecular weight is 430 g/mol. The van der Waals surface area contributed by atoms with Crippen LogP contribution in [0.3, 0.4) is 0 Å². The van der Waals surface area contributed by atoms with Crippen LogP contribution < -0.4 is 5.73 Å². The van der Waals surface area contributed by atoms with Crippen LogP contribution in [-0.4, -0.2) is 27.1 Å². The summed E-state index contributed by atoms with van der Waals surface area (Å²) in [5, 5.41) is 17.3. The van der Waals surface area contributed by atoms with Crippen molar-refractivity contribution in [2.45, 2.75) is 12.8 Å². The van der Waals surface area contributed by atoms with Gasteiger partial charge in [0.1, 0.15) is 5.69 Å². The van der Waals surface area contributed by atoms with Gasteiger partial charge in [-0.25, -0.2) is 9.78 Å². The maximum atomic E-state index is 10.7. The molecule has 0 aliphatic carbocycles. The standard InChI is InChI=1S/C18H15NO3.C7H7NO2/c20-16(21)12-11-15-19-17(13-7-3-1-4-8-13)18(22-15)14-9-5-2-6-10-14;8-6-4-2-1-3-5(6)7(9)10/h1-10H,11-12H2,(H,20,21);1-4H,8H2,(H,9,10). The number of aryl methyl sites for hydroxylation is 1. The normalized spacial score (nSPS) is 10.1. The number of hydrogen-bond acceptors (Lipinski definition) is 5. The highest BCUT2D eigenvalue weighted by Crippen LogP contribution is 2.32. The maximum absolute atomic E-state index is 10.7. The van der Waals surface area contributed by atoms with Crippen LogP contribution >= 0.6 is 0 Å². The molecule has 4 N–H and O–H groups in total. The summed E-state index contributed by atoms with van der Waals surface area (Å²) in [6, 6.07) is 25.8. The first-order valence-electron chi connectivity index (χ1n) is 9.86. The SMILES string of the molecule is Nc1ccccc1C(=O)O.O=C(O)CCc1nc(-c2ccccc2)c(-c2ccccc2)o1. The number of nitrogen functional groups attached to an aromatic ring is 1. The number of aromatic nitrogens is 1. The number of hydrogen-bond donors (Lipinski definition) is 3. The molecule has 0 spiro atoms. The third-order valence-electron chi connectivity index (χ3n) is 4.50. The predicted octanol–water partition coefficient (Wildman–Crippen LogP) is 4.99. The van der Waals surface area contributed by atoms with Crippen LogP contribution in [-0.2, 0) is 11.2 Å². The number of aromatic carboxylic acids is 1. The Kier molecular flexibility index (Phi) is 7.37. The van der Waals surface area contributed by atoms with E-state index in [1.165, 1.54) is 6.07 Å². The van der Waals surface area contributed by atoms with E-state index in [0.29, 0.717) is 17.3 Å². The van der Waals surface area contributed by atoms with E-state index in [0.717, 1.165) is 16.8 Å². The molecule has 0 unspecified atom stereocenters. The maximum Gasteiger partial charge on any atom is 0.337 e. The van der Waals surface area contributed by atoms with E-state index >= 15 is 0 Å². The van der Waals surface area contributed by atoms with Crippen molar-refractivity contribution in [3.8, 4) is 22.6 Å². The fourth-order valence-electron chi connectivity index (χ4n) is 2.95. The van der Waals surface area contributed by atoms with Gasteiger partial charge in [-0.3, -0.25) is 4.79 Å². The van der Waals surface area contributed by atoms with Gasteiger partial charge in [0.15, 0.2) is 11.7 Å². The number of para-hydroxylation sites is 1. The first kappa shape index (κ1) is 22.3. The summed E-state index contributed by atoms with van der Waals surface area (Å²) in [6.45, 7) is 0. The number of carbonyl (C=O) groups is 2. The first-order valence-corrected chi connectivity index (χ1v) is 9.86. The molecule has 0 bridgehead atoms. The van der Waals surface area contributed by atoms with Crippen LogP contribution in [0.4, 0.5) is 5.69 Å². The zero-order valence-corrected chi connectivity index (χ0v) is 17.1. The van der Waals surface area contributed by atoms with Gasteiger partial charge >= 0.3 is 11.9 Å². The molecule has 0 radical (unpaired) electrons. The van der Waals surface area contributed by atoms with E-state index in [1.807, 2.05) is 60.7 Å². The van der Waals surface area contributed by atoms with Crippen LogP contribution in [0, 0.1) is 0 Å². The highest BCUT2D eigenvalue weighted by atomic mass is 16.4. The largest absolute Gasteiger partial charge is 0.481 e. The van der Waals surface area contributed by atoms with Crippen LogP contribution in [0.1, 0.15) is 22.7 Å². The number of carboxylic acid groups (broad SMARTS) is 2. The Balaban J connectivity index is 0.000000243. The second kappa shape index (κ2) is 10.6. The molecular formula is C25H22N2O5. The van der Waals surface area contributed by atoms with E-state index in [1.54, 1.807) is 18.2 Å². The van der Waals surface area contributed by atoms with Crippen molar-refractivity contribution >= 4 is 17.6 Å². The summed E-state index contributed by atoms with van der Waals surface area (Å²) in [5.74, 6) is -0.730. The molecule has 0 saturated carbocycles. The molecule has 4 rings (SSSR count). The van der Waals surface area contributed by atoms with E-state index in [9.17, 15) is 9.59 Å². The fraction of sp³-hybridized carbons (Fsp3) is 0.0800. The summed E-state index contributed by atoms with van der Waals surface area (Å²) < 4.78 is 5.83. The molecule has 0 aliphatic heterocycles. The molecule has 0 aliphatic rings. The number of benzene rings is 3. The monoisotopic (exact) mass is 430 g/mol. The number of carboxylic acids is 2. The lowest BCUT2D eigenvalue weighted by Crippen LogP contribution is -2.00. The molecule has 3 aromatic carbocycles. The van der Waals surface area contributed by atoms with Gasteiger partial charge in [-0.15, -0.1) is 0 Å². The molecule has 4 aromatic rings. The smallest absolute Gasteiger partial charge is 0.337 e. The number of nitrogens with two attached hydrogens (primary N) is 1. The Bertz CT molecular complexity index is 1130. The molecule has 162 valence electrons. The Labute approximate surface area is 184 Å². The Hall–Kier alpha value is -4.39. The van der Waals surface area contributed by atoms with Crippen LogP contribution in [0.25, 0.3) is 22.6 Å². The summed E-state index contributed by atoms with van der Waals surface area (Å²) in [6.07, 6.45) is 0.283. The Morgan fingerprint density at radius 2 is 1.38 bits per heavy atom. The second-order valence-electron chi connectivity index (χ2n) is 6.80. The molecule has 0 atom stereocenters. The van der Waals surface area contributed by atoms with Gasteiger partial charge in [0.05, 0.1) is 12.0 Å². The van der Waals surface area contributed by atoms with Gasteiger partial charge in [-0.1, -0.05) is 72.8 Å². The number of aliphatic carboxylic acids is 1. The highest BCUT2D eigenvalue weighted by molar-refractivity contribution is 5.93. The minimum absolute atomic E-state index is 0.00295. The zero-order chi connectivity index (χ0) is 22.9. The Morgan fingerprint density at radius 1 is 0.812 bits per heavy atom. The quantitative estimate of drug-likeness (QED) is 0.368. The van der Waals surface area contributed by atoms with Crippen molar-refractivity contribution in [3.05, 3.63) is 96.4 Å². The van der Waals surface area contributed by atoms with E-state index < -0.39 is 11.9 Å². The Morgan fingerprint density at radius 3 is 1.91 bits per heavy atom. The zero-order valence-electron chi connectivity index (χ0n) is 17.1. The van der Waals surface area contributed by atoms with E-state index in [2.05, 4.69) is 4.98 Å². The van der Waals surface area contributed by atoms with Crippen molar-refractivity contribution in [1.82, 2.24) is 4.98 Å². The van der Waals surface area contributed by atoms with Gasteiger partial charge in [-0.2, -0.15) is 0 Å². The molecule has 0 fully saturated rings. The van der Waals surface area contributed by atoms with E-state index in [-0.39, 0.29) is 18.4 Å². The molecule has 1 heterocycles. The van der Waals surface area contributed by atoms with Gasteiger partial charge in [0, 0.05) is 23.2 Å². The molecule has 1 aromatic heterocycles. The van der Waals surface area contributed by atoms with Gasteiger partial charge < -0.3 is 20.4 Å². The minimum Gasteiger partial charge on any atom is -0.481 e. The fourth-order valence-corrected chi connectivity index (χ4v) is 2.95. The summed E-state index contributed by atoms with van der Waals surface area (Å²) in [7, 11) is 0. The topological polar surface area (TPSA) is 127 Å². The third kappa shape index (κ3) is 5.82. The molecular weight excluding hydrogens is 408 g/mol. The number of oxazole rings is 1. The van der Waals surface area contributed by atoms with Crippen LogP contribution in [0.15, 0.2) is 89.3 Å². The lowest BCUT2D eigenvalue weighted by molar-refractivity contribution is -0.137. The molecule has 0 amide bonds. The van der Waals surface area contributed by atoms with Crippen molar-refractivity contribution in [2.75, 3.05) is 5.73 Å². The number of anilines is 1. The number of nitrogens with zero attached hydrogens (tertiary/aromatic N) is 1. The van der Waals surface area contributed by atoms with Crippen molar-refractivity contribution < 1.29 is 24.2 Å². The summed E-state index contributed by atoms with van der Waals surface area (Å²) >= 11 is 0. The minimum atomic E-state index is -0.988. The van der Waals surface area contributed by atoms with Gasteiger partial charge in [-0.05, 0) is 12.1 Å².